The lowest BCUT2D eigenvalue weighted by Gasteiger charge is -2.15. The fourth-order valence-corrected chi connectivity index (χ4v) is 2.19. The van der Waals surface area contributed by atoms with Gasteiger partial charge in [-0.05, 0) is 18.6 Å². The van der Waals surface area contributed by atoms with Crippen LogP contribution in [0.5, 0.6) is 0 Å². The molecule has 0 saturated carbocycles. The summed E-state index contributed by atoms with van der Waals surface area (Å²) in [6.07, 6.45) is -6.64. The minimum absolute atomic E-state index is 0.0317. The van der Waals surface area contributed by atoms with E-state index < -0.39 is 36.3 Å². The first-order valence-corrected chi connectivity index (χ1v) is 6.84. The van der Waals surface area contributed by atoms with E-state index in [1.165, 1.54) is 6.07 Å². The molecular formula is C14H13F4N3O3. The number of aromatic nitrogens is 3. The Bertz CT molecular complexity index is 741. The average Bonchev–Trinajstić information content (AvgIpc) is 2.85. The summed E-state index contributed by atoms with van der Waals surface area (Å²) in [5.41, 5.74) is -0.168. The van der Waals surface area contributed by atoms with Gasteiger partial charge in [0, 0.05) is 5.56 Å². The van der Waals surface area contributed by atoms with Crippen molar-refractivity contribution in [1.82, 2.24) is 14.8 Å². The van der Waals surface area contributed by atoms with E-state index in [4.69, 9.17) is 0 Å². The Labute approximate surface area is 133 Å². The molecule has 24 heavy (non-hydrogen) atoms. The number of rotatable bonds is 5. The second-order valence-electron chi connectivity index (χ2n) is 4.94. The van der Waals surface area contributed by atoms with E-state index >= 15 is 0 Å². The minimum Gasteiger partial charge on any atom is -0.477 e. The van der Waals surface area contributed by atoms with Gasteiger partial charge >= 0.3 is 12.1 Å². The zero-order valence-corrected chi connectivity index (χ0v) is 12.4. The van der Waals surface area contributed by atoms with Crippen LogP contribution < -0.4 is 0 Å². The first-order valence-electron chi connectivity index (χ1n) is 6.84. The maximum Gasteiger partial charge on any atom is 0.416 e. The van der Waals surface area contributed by atoms with Crippen molar-refractivity contribution in [3.8, 4) is 11.4 Å². The fraction of sp³-hybridized carbons (Fsp3) is 0.357. The Morgan fingerprint density at radius 3 is 2.50 bits per heavy atom. The minimum atomic E-state index is -4.91. The van der Waals surface area contributed by atoms with Gasteiger partial charge in [-0.25, -0.2) is 9.18 Å². The van der Waals surface area contributed by atoms with E-state index in [2.05, 4.69) is 10.1 Å². The first kappa shape index (κ1) is 17.9. The van der Waals surface area contributed by atoms with Crippen molar-refractivity contribution >= 4 is 5.97 Å². The maximum atomic E-state index is 13.0. The highest BCUT2D eigenvalue weighted by molar-refractivity contribution is 5.89. The van der Waals surface area contributed by atoms with Gasteiger partial charge in [0.05, 0.1) is 18.4 Å². The zero-order chi connectivity index (χ0) is 18.1. The summed E-state index contributed by atoms with van der Waals surface area (Å²) in [5.74, 6) is -2.11. The van der Waals surface area contributed by atoms with Gasteiger partial charge in [-0.3, -0.25) is 9.67 Å². The smallest absolute Gasteiger partial charge is 0.416 e. The number of pyridine rings is 1. The van der Waals surface area contributed by atoms with Crippen molar-refractivity contribution < 1.29 is 32.6 Å². The Balaban J connectivity index is 2.55. The van der Waals surface area contributed by atoms with Crippen LogP contribution in [0.3, 0.4) is 0 Å². The fourth-order valence-electron chi connectivity index (χ4n) is 2.19. The standard InChI is InChI=1S/C14H13F4N3O3/c1-2-8-11(9-4-3-7(15)5-19-9)20-21(12(8)13(23)24)6-10(22)14(16,17)18/h3-5,10,22H,2,6H2,1H3,(H,23,24). The highest BCUT2D eigenvalue weighted by atomic mass is 19.4. The molecule has 2 aromatic heterocycles. The predicted octanol–water partition coefficient (Wildman–Crippen LogP) is 2.27. The molecule has 2 N–H and O–H groups in total. The molecule has 10 heteroatoms. The number of carboxylic acids is 1. The van der Waals surface area contributed by atoms with Crippen molar-refractivity contribution in [2.75, 3.05) is 0 Å². The van der Waals surface area contributed by atoms with E-state index in [0.29, 0.717) is 4.68 Å². The number of aliphatic hydroxyl groups excluding tert-OH is 1. The molecule has 0 radical (unpaired) electrons. The number of carboxylic acid groups (broad SMARTS) is 1. The Hall–Kier alpha value is -2.49. The summed E-state index contributed by atoms with van der Waals surface area (Å²) in [6.45, 7) is 0.528. The topological polar surface area (TPSA) is 88.2 Å². The predicted molar refractivity (Wildman–Crippen MR) is 73.8 cm³/mol. The van der Waals surface area contributed by atoms with Gasteiger partial charge < -0.3 is 10.2 Å². The van der Waals surface area contributed by atoms with Crippen LogP contribution in [-0.4, -0.2) is 43.2 Å². The quantitative estimate of drug-likeness (QED) is 0.810. The molecule has 130 valence electrons. The van der Waals surface area contributed by atoms with Crippen molar-refractivity contribution in [1.29, 1.82) is 0 Å². The number of halogens is 4. The molecule has 0 fully saturated rings. The van der Waals surface area contributed by atoms with Crippen molar-refractivity contribution in [2.45, 2.75) is 32.2 Å². The summed E-state index contributed by atoms with van der Waals surface area (Å²) in [4.78, 5) is 15.2. The van der Waals surface area contributed by atoms with Crippen molar-refractivity contribution in [3.63, 3.8) is 0 Å². The largest absolute Gasteiger partial charge is 0.477 e. The lowest BCUT2D eigenvalue weighted by Crippen LogP contribution is -2.34. The molecular weight excluding hydrogens is 334 g/mol. The van der Waals surface area contributed by atoms with Crippen LogP contribution in [0.2, 0.25) is 0 Å². The third kappa shape index (κ3) is 3.53. The molecule has 1 atom stereocenters. The molecule has 1 unspecified atom stereocenters. The SMILES string of the molecule is CCc1c(-c2ccc(F)cn2)nn(CC(O)C(F)(F)F)c1C(=O)O. The summed E-state index contributed by atoms with van der Waals surface area (Å²) in [6, 6.07) is 2.32. The Kier molecular flexibility index (Phi) is 4.88. The van der Waals surface area contributed by atoms with Crippen molar-refractivity contribution in [3.05, 3.63) is 35.4 Å². The third-order valence-electron chi connectivity index (χ3n) is 3.30. The van der Waals surface area contributed by atoms with Crippen LogP contribution >= 0.6 is 0 Å². The maximum absolute atomic E-state index is 13.0. The van der Waals surface area contributed by atoms with Gasteiger partial charge in [0.2, 0.25) is 0 Å². The van der Waals surface area contributed by atoms with Gasteiger partial charge in [-0.15, -0.1) is 0 Å². The number of aliphatic hydroxyl groups is 1. The lowest BCUT2D eigenvalue weighted by atomic mass is 10.1. The normalized spacial score (nSPS) is 13.1. The van der Waals surface area contributed by atoms with Crippen LogP contribution in [0.25, 0.3) is 11.4 Å². The third-order valence-corrected chi connectivity index (χ3v) is 3.30. The highest BCUT2D eigenvalue weighted by Gasteiger charge is 2.39. The Morgan fingerprint density at radius 1 is 1.38 bits per heavy atom. The Morgan fingerprint density at radius 2 is 2.04 bits per heavy atom. The molecule has 2 aromatic rings. The molecule has 0 amide bonds. The number of nitrogens with zero attached hydrogens (tertiary/aromatic N) is 3. The number of aromatic carboxylic acids is 1. The second kappa shape index (κ2) is 6.56. The molecule has 2 heterocycles. The molecule has 0 aromatic carbocycles. The molecule has 2 rings (SSSR count). The average molecular weight is 347 g/mol. The second-order valence-corrected chi connectivity index (χ2v) is 4.94. The number of alkyl halides is 3. The van der Waals surface area contributed by atoms with Gasteiger partial charge in [0.1, 0.15) is 17.2 Å². The van der Waals surface area contributed by atoms with E-state index in [0.717, 1.165) is 12.3 Å². The summed E-state index contributed by atoms with van der Waals surface area (Å²) < 4.78 is 51.1. The van der Waals surface area contributed by atoms with E-state index in [9.17, 15) is 32.6 Å². The van der Waals surface area contributed by atoms with Crippen LogP contribution in [-0.2, 0) is 13.0 Å². The summed E-state index contributed by atoms with van der Waals surface area (Å²) >= 11 is 0. The number of hydrogen-bond donors (Lipinski definition) is 2. The van der Waals surface area contributed by atoms with Crippen LogP contribution in [0.15, 0.2) is 18.3 Å². The van der Waals surface area contributed by atoms with E-state index in [1.54, 1.807) is 6.92 Å². The number of carbonyl (C=O) groups is 1. The van der Waals surface area contributed by atoms with E-state index in [1.807, 2.05) is 0 Å². The molecule has 0 aliphatic carbocycles. The van der Waals surface area contributed by atoms with Crippen LogP contribution in [0.4, 0.5) is 17.6 Å². The van der Waals surface area contributed by atoms with Gasteiger partial charge in [0.15, 0.2) is 6.10 Å². The highest BCUT2D eigenvalue weighted by Crippen LogP contribution is 2.27. The monoisotopic (exact) mass is 347 g/mol. The van der Waals surface area contributed by atoms with Crippen molar-refractivity contribution in [2.24, 2.45) is 0 Å². The van der Waals surface area contributed by atoms with Crippen LogP contribution in [0.1, 0.15) is 23.0 Å². The molecule has 6 nitrogen and oxygen atoms in total. The lowest BCUT2D eigenvalue weighted by molar-refractivity contribution is -0.208. The number of hydrogen-bond acceptors (Lipinski definition) is 4. The van der Waals surface area contributed by atoms with Gasteiger partial charge in [0.25, 0.3) is 0 Å². The summed E-state index contributed by atoms with van der Waals surface area (Å²) in [5, 5.41) is 22.3. The molecule has 0 bridgehead atoms. The van der Waals surface area contributed by atoms with Gasteiger partial charge in [-0.1, -0.05) is 6.92 Å². The first-order chi connectivity index (χ1) is 11.1. The van der Waals surface area contributed by atoms with Gasteiger partial charge in [-0.2, -0.15) is 18.3 Å². The molecule has 0 aliphatic heterocycles. The van der Waals surface area contributed by atoms with Crippen LogP contribution in [0, 0.1) is 5.82 Å². The zero-order valence-electron chi connectivity index (χ0n) is 12.4. The molecule has 0 spiro atoms. The summed E-state index contributed by atoms with van der Waals surface area (Å²) in [7, 11) is 0. The molecule has 0 aliphatic rings. The van der Waals surface area contributed by atoms with E-state index in [-0.39, 0.29) is 23.4 Å². The molecule has 0 saturated heterocycles.